The topological polar surface area (TPSA) is 70.2 Å². The van der Waals surface area contributed by atoms with Crippen LogP contribution in [0.5, 0.6) is 0 Å². The Bertz CT molecular complexity index is 465. The number of nitriles is 1. The highest BCUT2D eigenvalue weighted by Gasteiger charge is 2.17. The molecule has 1 rings (SSSR count). The molecule has 1 aromatic rings. The zero-order chi connectivity index (χ0) is 13.0. The summed E-state index contributed by atoms with van der Waals surface area (Å²) >= 11 is 0. The number of nitro benzene ring substituents is 1. The zero-order valence-electron chi connectivity index (χ0n) is 10.2. The highest BCUT2D eigenvalue weighted by atomic mass is 16.6. The molecule has 0 amide bonds. The van der Waals surface area contributed by atoms with E-state index in [0.717, 1.165) is 12.1 Å². The van der Waals surface area contributed by atoms with Crippen molar-refractivity contribution in [1.29, 1.82) is 5.26 Å². The Morgan fingerprint density at radius 2 is 2.24 bits per heavy atom. The quantitative estimate of drug-likeness (QED) is 0.592. The molecule has 0 bridgehead atoms. The van der Waals surface area contributed by atoms with Crippen LogP contribution in [-0.2, 0) is 0 Å². The molecule has 90 valence electrons. The van der Waals surface area contributed by atoms with E-state index >= 15 is 0 Å². The Morgan fingerprint density at radius 1 is 1.59 bits per heavy atom. The van der Waals surface area contributed by atoms with E-state index in [2.05, 4.69) is 6.92 Å². The molecule has 1 unspecified atom stereocenters. The van der Waals surface area contributed by atoms with Crippen LogP contribution < -0.4 is 4.90 Å². The summed E-state index contributed by atoms with van der Waals surface area (Å²) in [7, 11) is 1.89. The molecule has 0 heterocycles. The standard InChI is InChI=1S/C12H15N3O2/c1-4-9(2)14(3)11-6-5-10(8-13)12(7-11)15(16)17/h5-7,9H,4H2,1-3H3. The van der Waals surface area contributed by atoms with Crippen LogP contribution in [0.2, 0.25) is 0 Å². The fraction of sp³-hybridized carbons (Fsp3) is 0.417. The van der Waals surface area contributed by atoms with Gasteiger partial charge in [-0.05, 0) is 25.5 Å². The van der Waals surface area contributed by atoms with Gasteiger partial charge in [0.05, 0.1) is 4.92 Å². The molecule has 0 saturated carbocycles. The molecule has 5 nitrogen and oxygen atoms in total. The molecule has 1 atom stereocenters. The van der Waals surface area contributed by atoms with E-state index in [1.165, 1.54) is 12.1 Å². The van der Waals surface area contributed by atoms with Crippen molar-refractivity contribution in [3.05, 3.63) is 33.9 Å². The van der Waals surface area contributed by atoms with E-state index < -0.39 is 4.92 Å². The minimum absolute atomic E-state index is 0.0938. The third-order valence-corrected chi connectivity index (χ3v) is 2.96. The van der Waals surface area contributed by atoms with Crippen molar-refractivity contribution in [1.82, 2.24) is 0 Å². The van der Waals surface area contributed by atoms with Crippen LogP contribution >= 0.6 is 0 Å². The van der Waals surface area contributed by atoms with Gasteiger partial charge in [0.1, 0.15) is 11.6 Å². The first kappa shape index (κ1) is 13.0. The van der Waals surface area contributed by atoms with E-state index in [9.17, 15) is 10.1 Å². The van der Waals surface area contributed by atoms with Crippen molar-refractivity contribution >= 4 is 11.4 Å². The maximum absolute atomic E-state index is 10.8. The van der Waals surface area contributed by atoms with E-state index in [1.807, 2.05) is 24.9 Å². The lowest BCUT2D eigenvalue weighted by Crippen LogP contribution is -2.27. The summed E-state index contributed by atoms with van der Waals surface area (Å²) in [5.41, 5.74) is 0.710. The molecule has 5 heteroatoms. The second-order valence-electron chi connectivity index (χ2n) is 3.94. The minimum atomic E-state index is -0.521. The van der Waals surface area contributed by atoms with Gasteiger partial charge in [-0.3, -0.25) is 10.1 Å². The first-order valence-electron chi connectivity index (χ1n) is 5.42. The average molecular weight is 233 g/mol. The van der Waals surface area contributed by atoms with Gasteiger partial charge in [-0.15, -0.1) is 0 Å². The molecular formula is C12H15N3O2. The molecule has 0 spiro atoms. The predicted molar refractivity (Wildman–Crippen MR) is 66.0 cm³/mol. The van der Waals surface area contributed by atoms with E-state index in [4.69, 9.17) is 5.26 Å². The van der Waals surface area contributed by atoms with Gasteiger partial charge in [0.25, 0.3) is 5.69 Å². The smallest absolute Gasteiger partial charge is 0.289 e. The number of nitro groups is 1. The number of hydrogen-bond donors (Lipinski definition) is 0. The molecule has 0 saturated heterocycles. The summed E-state index contributed by atoms with van der Waals surface area (Å²) in [6.07, 6.45) is 0.949. The highest BCUT2D eigenvalue weighted by Crippen LogP contribution is 2.25. The van der Waals surface area contributed by atoms with Gasteiger partial charge in [0, 0.05) is 24.8 Å². The molecule has 1 aromatic carbocycles. The number of anilines is 1. The normalized spacial score (nSPS) is 11.6. The molecule has 0 N–H and O–H groups in total. The fourth-order valence-electron chi connectivity index (χ4n) is 1.51. The third kappa shape index (κ3) is 2.72. The van der Waals surface area contributed by atoms with Crippen LogP contribution in [0.3, 0.4) is 0 Å². The van der Waals surface area contributed by atoms with Crippen LogP contribution in [0.1, 0.15) is 25.8 Å². The first-order chi connectivity index (χ1) is 8.01. The maximum atomic E-state index is 10.8. The van der Waals surface area contributed by atoms with Gasteiger partial charge >= 0.3 is 0 Å². The van der Waals surface area contributed by atoms with Crippen molar-refractivity contribution in [2.75, 3.05) is 11.9 Å². The lowest BCUT2D eigenvalue weighted by molar-refractivity contribution is -0.385. The summed E-state index contributed by atoms with van der Waals surface area (Å²) in [4.78, 5) is 12.3. The predicted octanol–water partition coefficient (Wildman–Crippen LogP) is 2.70. The van der Waals surface area contributed by atoms with Crippen molar-refractivity contribution in [2.45, 2.75) is 26.3 Å². The van der Waals surface area contributed by atoms with Gasteiger partial charge in [-0.1, -0.05) is 6.92 Å². The van der Waals surface area contributed by atoms with Gasteiger partial charge < -0.3 is 4.90 Å². The second-order valence-corrected chi connectivity index (χ2v) is 3.94. The summed E-state index contributed by atoms with van der Waals surface area (Å²) in [5, 5.41) is 19.6. The molecule has 17 heavy (non-hydrogen) atoms. The van der Waals surface area contributed by atoms with Crippen molar-refractivity contribution in [3.63, 3.8) is 0 Å². The lowest BCUT2D eigenvalue weighted by atomic mass is 10.1. The Hall–Kier alpha value is -2.09. The van der Waals surface area contributed by atoms with Gasteiger partial charge in [0.2, 0.25) is 0 Å². The SMILES string of the molecule is CCC(C)N(C)c1ccc(C#N)c([N+](=O)[O-])c1. The van der Waals surface area contributed by atoms with Gasteiger partial charge in [-0.2, -0.15) is 5.26 Å². The van der Waals surface area contributed by atoms with Gasteiger partial charge in [-0.25, -0.2) is 0 Å². The second kappa shape index (κ2) is 5.30. The molecule has 0 aliphatic heterocycles. The monoisotopic (exact) mass is 233 g/mol. The van der Waals surface area contributed by atoms with Gasteiger partial charge in [0.15, 0.2) is 0 Å². The number of nitrogens with zero attached hydrogens (tertiary/aromatic N) is 3. The van der Waals surface area contributed by atoms with Crippen LogP contribution in [0.15, 0.2) is 18.2 Å². The molecule has 0 aliphatic carbocycles. The summed E-state index contributed by atoms with van der Waals surface area (Å²) in [5.74, 6) is 0. The van der Waals surface area contributed by atoms with Crippen LogP contribution in [0.25, 0.3) is 0 Å². The van der Waals surface area contributed by atoms with Crippen molar-refractivity contribution in [2.24, 2.45) is 0 Å². The third-order valence-electron chi connectivity index (χ3n) is 2.96. The van der Waals surface area contributed by atoms with Crippen LogP contribution in [0.4, 0.5) is 11.4 Å². The number of benzene rings is 1. The Balaban J connectivity index is 3.17. The average Bonchev–Trinajstić information content (AvgIpc) is 2.35. The zero-order valence-corrected chi connectivity index (χ0v) is 10.2. The molecule has 0 aliphatic rings. The van der Waals surface area contributed by atoms with Crippen LogP contribution in [0, 0.1) is 21.4 Å². The minimum Gasteiger partial charge on any atom is -0.372 e. The van der Waals surface area contributed by atoms with Crippen molar-refractivity contribution < 1.29 is 4.92 Å². The van der Waals surface area contributed by atoms with E-state index in [0.29, 0.717) is 6.04 Å². The molecule has 0 fully saturated rings. The number of hydrogen-bond acceptors (Lipinski definition) is 4. The highest BCUT2D eigenvalue weighted by molar-refractivity contribution is 5.60. The van der Waals surface area contributed by atoms with Crippen molar-refractivity contribution in [3.8, 4) is 6.07 Å². The Labute approximate surface area is 100 Å². The largest absolute Gasteiger partial charge is 0.372 e. The summed E-state index contributed by atoms with van der Waals surface area (Å²) < 4.78 is 0. The van der Waals surface area contributed by atoms with E-state index in [-0.39, 0.29) is 11.3 Å². The Morgan fingerprint density at radius 3 is 2.71 bits per heavy atom. The fourth-order valence-corrected chi connectivity index (χ4v) is 1.51. The van der Waals surface area contributed by atoms with E-state index in [1.54, 1.807) is 6.07 Å². The molecular weight excluding hydrogens is 218 g/mol. The summed E-state index contributed by atoms with van der Waals surface area (Å²) in [6, 6.07) is 6.80. The molecule has 0 radical (unpaired) electrons. The first-order valence-corrected chi connectivity index (χ1v) is 5.42. The summed E-state index contributed by atoms with van der Waals surface area (Å²) in [6.45, 7) is 4.10. The molecule has 0 aromatic heterocycles. The van der Waals surface area contributed by atoms with Crippen LogP contribution in [-0.4, -0.2) is 18.0 Å². The lowest BCUT2D eigenvalue weighted by Gasteiger charge is -2.25. The maximum Gasteiger partial charge on any atom is 0.289 e. The Kier molecular flexibility index (Phi) is 4.05. The number of rotatable bonds is 4.